The molecule has 1 N–H and O–H groups in total. The number of rotatable bonds is 3. The third-order valence-corrected chi connectivity index (χ3v) is 3.73. The van der Waals surface area contributed by atoms with Crippen molar-refractivity contribution in [2.45, 2.75) is 6.42 Å². The van der Waals surface area contributed by atoms with Crippen LogP contribution in [0, 0.1) is 0 Å². The van der Waals surface area contributed by atoms with Gasteiger partial charge in [0.25, 0.3) is 5.91 Å². The molecule has 114 valence electrons. The molecule has 0 saturated heterocycles. The first-order valence-corrected chi connectivity index (χ1v) is 7.31. The van der Waals surface area contributed by atoms with Crippen molar-refractivity contribution in [1.29, 1.82) is 0 Å². The van der Waals surface area contributed by atoms with Gasteiger partial charge in [0.2, 0.25) is 0 Å². The SMILES string of the molecule is O=C(Nc1ccc2c(c1)CCO2)c1ccc(-n2ccnc2)nc1. The van der Waals surface area contributed by atoms with Crippen molar-refractivity contribution >= 4 is 11.6 Å². The van der Waals surface area contributed by atoms with Crippen LogP contribution in [-0.4, -0.2) is 27.0 Å². The van der Waals surface area contributed by atoms with Crippen molar-refractivity contribution in [3.63, 3.8) is 0 Å². The van der Waals surface area contributed by atoms with Gasteiger partial charge in [-0.2, -0.15) is 0 Å². The molecule has 2 aromatic heterocycles. The molecule has 4 rings (SSSR count). The van der Waals surface area contributed by atoms with Crippen LogP contribution in [0.25, 0.3) is 5.82 Å². The molecule has 3 aromatic rings. The number of carbonyl (C=O) groups is 1. The standard InChI is InChI=1S/C17H14N4O2/c22-17(20-14-2-3-15-12(9-14)5-8-23-15)13-1-4-16(19-10-13)21-7-6-18-11-21/h1-4,6-7,9-11H,5,8H2,(H,20,22). The van der Waals surface area contributed by atoms with Gasteiger partial charge in [-0.25, -0.2) is 9.97 Å². The molecule has 1 aliphatic rings. The largest absolute Gasteiger partial charge is 0.493 e. The van der Waals surface area contributed by atoms with Crippen molar-refractivity contribution in [3.8, 4) is 11.6 Å². The third kappa shape index (κ3) is 2.66. The van der Waals surface area contributed by atoms with Crippen LogP contribution in [0.15, 0.2) is 55.2 Å². The molecule has 23 heavy (non-hydrogen) atoms. The summed E-state index contributed by atoms with van der Waals surface area (Å²) in [6, 6.07) is 9.21. The summed E-state index contributed by atoms with van der Waals surface area (Å²) in [6.45, 7) is 0.701. The molecule has 0 radical (unpaired) electrons. The lowest BCUT2D eigenvalue weighted by atomic mass is 10.1. The molecule has 3 heterocycles. The maximum Gasteiger partial charge on any atom is 0.257 e. The Kier molecular flexibility index (Phi) is 3.27. The lowest BCUT2D eigenvalue weighted by Crippen LogP contribution is -2.12. The lowest BCUT2D eigenvalue weighted by Gasteiger charge is -2.07. The Balaban J connectivity index is 1.51. The van der Waals surface area contributed by atoms with Gasteiger partial charge in [-0.3, -0.25) is 9.36 Å². The highest BCUT2D eigenvalue weighted by Crippen LogP contribution is 2.28. The normalized spacial score (nSPS) is 12.5. The number of carbonyl (C=O) groups excluding carboxylic acids is 1. The van der Waals surface area contributed by atoms with Crippen LogP contribution in [0.2, 0.25) is 0 Å². The van der Waals surface area contributed by atoms with E-state index in [4.69, 9.17) is 4.74 Å². The number of nitrogens with one attached hydrogen (secondary N) is 1. The summed E-state index contributed by atoms with van der Waals surface area (Å²) >= 11 is 0. The van der Waals surface area contributed by atoms with Gasteiger partial charge in [0.1, 0.15) is 17.9 Å². The molecular formula is C17H14N4O2. The molecule has 0 spiro atoms. The Morgan fingerprint density at radius 3 is 3.00 bits per heavy atom. The average Bonchev–Trinajstić information content (AvgIpc) is 3.26. The van der Waals surface area contributed by atoms with Crippen molar-refractivity contribution < 1.29 is 9.53 Å². The second-order valence-electron chi connectivity index (χ2n) is 5.25. The quantitative estimate of drug-likeness (QED) is 0.807. The summed E-state index contributed by atoms with van der Waals surface area (Å²) in [7, 11) is 0. The molecule has 1 aliphatic heterocycles. The Labute approximate surface area is 132 Å². The van der Waals surface area contributed by atoms with Gasteiger partial charge >= 0.3 is 0 Å². The lowest BCUT2D eigenvalue weighted by molar-refractivity contribution is 0.102. The van der Waals surface area contributed by atoms with Crippen molar-refractivity contribution in [1.82, 2.24) is 14.5 Å². The smallest absolute Gasteiger partial charge is 0.257 e. The molecule has 0 bridgehead atoms. The Hall–Kier alpha value is -3.15. The van der Waals surface area contributed by atoms with E-state index in [1.54, 1.807) is 41.6 Å². The van der Waals surface area contributed by atoms with E-state index in [0.29, 0.717) is 18.0 Å². The molecular weight excluding hydrogens is 292 g/mol. The third-order valence-electron chi connectivity index (χ3n) is 3.73. The molecule has 6 nitrogen and oxygen atoms in total. The fourth-order valence-electron chi connectivity index (χ4n) is 2.54. The van der Waals surface area contributed by atoms with E-state index in [1.807, 2.05) is 18.2 Å². The van der Waals surface area contributed by atoms with Gasteiger partial charge in [0.15, 0.2) is 0 Å². The maximum absolute atomic E-state index is 12.3. The van der Waals surface area contributed by atoms with Gasteiger partial charge in [0.05, 0.1) is 12.2 Å². The molecule has 0 fully saturated rings. The van der Waals surface area contributed by atoms with E-state index < -0.39 is 0 Å². The zero-order valence-corrected chi connectivity index (χ0v) is 12.3. The van der Waals surface area contributed by atoms with Crippen LogP contribution in [0.5, 0.6) is 5.75 Å². The number of benzene rings is 1. The van der Waals surface area contributed by atoms with E-state index in [9.17, 15) is 4.79 Å². The molecule has 0 saturated carbocycles. The predicted octanol–water partition coefficient (Wildman–Crippen LogP) is 2.45. The fraction of sp³-hybridized carbons (Fsp3) is 0.118. The molecule has 1 amide bonds. The maximum atomic E-state index is 12.3. The van der Waals surface area contributed by atoms with E-state index in [2.05, 4.69) is 15.3 Å². The van der Waals surface area contributed by atoms with Gasteiger partial charge in [-0.1, -0.05) is 0 Å². The number of nitrogens with zero attached hydrogens (tertiary/aromatic N) is 3. The Bertz CT molecular complexity index is 842. The first-order chi connectivity index (χ1) is 11.3. The Morgan fingerprint density at radius 2 is 2.22 bits per heavy atom. The average molecular weight is 306 g/mol. The van der Waals surface area contributed by atoms with Crippen LogP contribution in [0.3, 0.4) is 0 Å². The van der Waals surface area contributed by atoms with Crippen molar-refractivity contribution in [3.05, 3.63) is 66.4 Å². The predicted molar refractivity (Wildman–Crippen MR) is 85.0 cm³/mol. The Morgan fingerprint density at radius 1 is 1.26 bits per heavy atom. The summed E-state index contributed by atoms with van der Waals surface area (Å²) < 4.78 is 7.24. The van der Waals surface area contributed by atoms with Gasteiger partial charge in [0, 0.05) is 30.7 Å². The zero-order valence-electron chi connectivity index (χ0n) is 12.3. The molecule has 0 unspecified atom stereocenters. The van der Waals surface area contributed by atoms with Crippen LogP contribution in [-0.2, 0) is 6.42 Å². The second kappa shape index (κ2) is 5.57. The first-order valence-electron chi connectivity index (χ1n) is 7.31. The van der Waals surface area contributed by atoms with Crippen LogP contribution < -0.4 is 10.1 Å². The first kappa shape index (κ1) is 13.5. The summed E-state index contributed by atoms with van der Waals surface area (Å²) in [4.78, 5) is 20.6. The summed E-state index contributed by atoms with van der Waals surface area (Å²) in [5.74, 6) is 1.43. The molecule has 0 atom stereocenters. The number of ether oxygens (including phenoxy) is 1. The van der Waals surface area contributed by atoms with Crippen LogP contribution in [0.4, 0.5) is 5.69 Å². The summed E-state index contributed by atoms with van der Waals surface area (Å²) in [5, 5.41) is 2.89. The highest BCUT2D eigenvalue weighted by Gasteiger charge is 2.13. The number of amides is 1. The topological polar surface area (TPSA) is 69.0 Å². The van der Waals surface area contributed by atoms with Gasteiger partial charge in [-0.05, 0) is 35.9 Å². The van der Waals surface area contributed by atoms with Gasteiger partial charge < -0.3 is 10.1 Å². The highest BCUT2D eigenvalue weighted by molar-refractivity contribution is 6.04. The number of hydrogen-bond acceptors (Lipinski definition) is 4. The summed E-state index contributed by atoms with van der Waals surface area (Å²) in [6.07, 6.45) is 7.57. The number of hydrogen-bond donors (Lipinski definition) is 1. The van der Waals surface area contributed by atoms with E-state index in [1.165, 1.54) is 0 Å². The number of pyridine rings is 1. The molecule has 1 aromatic carbocycles. The number of imidazole rings is 1. The molecule has 6 heteroatoms. The fourth-order valence-corrected chi connectivity index (χ4v) is 2.54. The minimum absolute atomic E-state index is 0.187. The summed E-state index contributed by atoms with van der Waals surface area (Å²) in [5.41, 5.74) is 2.39. The monoisotopic (exact) mass is 306 g/mol. The highest BCUT2D eigenvalue weighted by atomic mass is 16.5. The van der Waals surface area contributed by atoms with Gasteiger partial charge in [-0.15, -0.1) is 0 Å². The number of fused-ring (bicyclic) bond motifs is 1. The minimum Gasteiger partial charge on any atom is -0.493 e. The van der Waals surface area contributed by atoms with Crippen molar-refractivity contribution in [2.75, 3.05) is 11.9 Å². The van der Waals surface area contributed by atoms with Crippen LogP contribution >= 0.6 is 0 Å². The molecule has 0 aliphatic carbocycles. The second-order valence-corrected chi connectivity index (χ2v) is 5.25. The van der Waals surface area contributed by atoms with Crippen molar-refractivity contribution in [2.24, 2.45) is 0 Å². The van der Waals surface area contributed by atoms with Crippen LogP contribution in [0.1, 0.15) is 15.9 Å². The van der Waals surface area contributed by atoms with E-state index >= 15 is 0 Å². The van der Waals surface area contributed by atoms with E-state index in [0.717, 1.165) is 23.4 Å². The number of anilines is 1. The zero-order chi connectivity index (χ0) is 15.6. The minimum atomic E-state index is -0.187. The number of aromatic nitrogens is 3. The van der Waals surface area contributed by atoms with E-state index in [-0.39, 0.29) is 5.91 Å².